The van der Waals surface area contributed by atoms with Crippen molar-refractivity contribution in [3.05, 3.63) is 47.5 Å². The van der Waals surface area contributed by atoms with Crippen molar-refractivity contribution in [1.29, 1.82) is 0 Å². The molecular formula is C37H55NO11. The van der Waals surface area contributed by atoms with E-state index >= 15 is 0 Å². The van der Waals surface area contributed by atoms with Gasteiger partial charge in [0, 0.05) is 18.9 Å². The molecule has 1 aromatic rings. The molecule has 2 aliphatic heterocycles. The number of nitrogens with zero attached hydrogens (tertiary/aromatic N) is 1. The lowest BCUT2D eigenvalue weighted by Gasteiger charge is -2.47. The van der Waals surface area contributed by atoms with Gasteiger partial charge in [-0.1, -0.05) is 39.0 Å². The fourth-order valence-corrected chi connectivity index (χ4v) is 7.00. The van der Waals surface area contributed by atoms with Gasteiger partial charge < -0.3 is 38.8 Å². The number of carbonyl (C=O) groups is 4. The maximum atomic E-state index is 14.1. The summed E-state index contributed by atoms with van der Waals surface area (Å²) in [7, 11) is 5.19. The first kappa shape index (κ1) is 40.4. The lowest BCUT2D eigenvalue weighted by atomic mass is 9.77. The van der Waals surface area contributed by atoms with Gasteiger partial charge in [0.25, 0.3) is 0 Å². The molecule has 2 aliphatic rings. The van der Waals surface area contributed by atoms with Gasteiger partial charge in [0.2, 0.25) is 0 Å². The van der Waals surface area contributed by atoms with Crippen LogP contribution in [0.5, 0.6) is 0 Å². The topological polar surface area (TPSA) is 158 Å². The van der Waals surface area contributed by atoms with Gasteiger partial charge in [0.15, 0.2) is 24.0 Å². The molecule has 12 nitrogen and oxygen atoms in total. The van der Waals surface area contributed by atoms with Crippen molar-refractivity contribution >= 4 is 23.5 Å². The summed E-state index contributed by atoms with van der Waals surface area (Å²) in [5, 5.41) is 21.5. The number of esters is 2. The van der Waals surface area contributed by atoms with Gasteiger partial charge in [-0.3, -0.25) is 14.4 Å². The Kier molecular flexibility index (Phi) is 13.9. The second-order valence-corrected chi connectivity index (χ2v) is 14.1. The molecule has 0 aliphatic carbocycles. The highest BCUT2D eigenvalue weighted by molar-refractivity contribution is 6.00. The number of benzene rings is 1. The Morgan fingerprint density at radius 3 is 2.27 bits per heavy atom. The molecule has 0 amide bonds. The van der Waals surface area contributed by atoms with Crippen LogP contribution in [0.25, 0.3) is 0 Å². The standard InChI is InChI=1S/C37H55NO11/c1-11-28-37(44,20-39)19-22(3)29(40)21(2)18-36(7,45-10)32(24(5)30(41)25(6)33(42)47-28)49-35-31(27(38(8)9)17-23(4)46-35)48-34(43)26-15-13-12-14-16-26/h12-16,19,21,23-25,27-28,31-32,35,39,44H,11,17-18,20H2,1-10H3/b22-19+/t21-,23-,24+,25-,27+,28-,31-,32-,35?,36+,37-/m1/s1. The molecule has 274 valence electrons. The Bertz CT molecular complexity index is 1350. The van der Waals surface area contributed by atoms with Gasteiger partial charge in [-0.15, -0.1) is 0 Å². The van der Waals surface area contributed by atoms with E-state index in [2.05, 4.69) is 0 Å². The summed E-state index contributed by atoms with van der Waals surface area (Å²) in [6.07, 6.45) is -2.82. The maximum Gasteiger partial charge on any atom is 0.338 e. The van der Waals surface area contributed by atoms with Gasteiger partial charge in [-0.05, 0) is 84.8 Å². The molecule has 3 rings (SSSR count). The van der Waals surface area contributed by atoms with Crippen molar-refractivity contribution in [1.82, 2.24) is 4.90 Å². The number of Topliss-reactive ketones (excluding diaryl/α,β-unsaturated/α-hetero) is 2. The van der Waals surface area contributed by atoms with E-state index in [0.717, 1.165) is 0 Å². The lowest BCUT2D eigenvalue weighted by Crippen LogP contribution is -2.60. The zero-order valence-corrected chi connectivity index (χ0v) is 30.5. The first-order valence-electron chi connectivity index (χ1n) is 17.0. The second-order valence-electron chi connectivity index (χ2n) is 14.1. The van der Waals surface area contributed by atoms with Crippen molar-refractivity contribution in [2.45, 2.75) is 116 Å². The monoisotopic (exact) mass is 689 g/mol. The number of rotatable bonds is 8. The minimum atomic E-state index is -2.05. The highest BCUT2D eigenvalue weighted by Gasteiger charge is 2.51. The number of hydrogen-bond acceptors (Lipinski definition) is 12. The molecule has 0 aromatic heterocycles. The summed E-state index contributed by atoms with van der Waals surface area (Å²) in [6, 6.07) is 8.24. The van der Waals surface area contributed by atoms with Crippen LogP contribution in [0.2, 0.25) is 0 Å². The molecule has 12 heteroatoms. The highest BCUT2D eigenvalue weighted by atomic mass is 16.7. The van der Waals surface area contributed by atoms with Crippen LogP contribution in [0.15, 0.2) is 42.0 Å². The molecule has 1 fully saturated rings. The van der Waals surface area contributed by atoms with Crippen LogP contribution < -0.4 is 0 Å². The summed E-state index contributed by atoms with van der Waals surface area (Å²) in [6.45, 7) is 10.7. The van der Waals surface area contributed by atoms with E-state index in [-0.39, 0.29) is 36.3 Å². The first-order chi connectivity index (χ1) is 22.9. The highest BCUT2D eigenvalue weighted by Crippen LogP contribution is 2.38. The summed E-state index contributed by atoms with van der Waals surface area (Å²) in [4.78, 5) is 56.6. The van der Waals surface area contributed by atoms with Crippen LogP contribution in [0.1, 0.15) is 78.1 Å². The molecule has 0 spiro atoms. The molecule has 1 unspecified atom stereocenters. The number of aliphatic hydroxyl groups is 2. The van der Waals surface area contributed by atoms with Gasteiger partial charge in [-0.2, -0.15) is 0 Å². The van der Waals surface area contributed by atoms with Crippen LogP contribution in [0, 0.1) is 17.8 Å². The normalized spacial score (nSPS) is 37.9. The first-order valence-corrected chi connectivity index (χ1v) is 17.0. The third kappa shape index (κ3) is 9.22. The maximum absolute atomic E-state index is 14.1. The Morgan fingerprint density at radius 1 is 1.08 bits per heavy atom. The van der Waals surface area contributed by atoms with Crippen molar-refractivity contribution in [3.8, 4) is 0 Å². The SMILES string of the molecule is CC[C@H]1OC(=O)[C@H](C)C(=O)[C@H](C)[C@@H](OC2O[C@H](C)C[C@H](N(C)C)[C@H]2OC(=O)c2ccccc2)[C@@](C)(OC)C[C@@H](C)C(=O)/C(C)=C/[C@@]1(O)CO. The average molecular weight is 690 g/mol. The number of ketones is 2. The average Bonchev–Trinajstić information content (AvgIpc) is 3.08. The van der Waals surface area contributed by atoms with Crippen LogP contribution in [0.3, 0.4) is 0 Å². The van der Waals surface area contributed by atoms with Crippen LogP contribution in [0.4, 0.5) is 0 Å². The molecule has 1 aromatic carbocycles. The number of allylic oxidation sites excluding steroid dienone is 1. The van der Waals surface area contributed by atoms with Crippen LogP contribution in [-0.4, -0.2) is 114 Å². The van der Waals surface area contributed by atoms with Crippen molar-refractivity contribution in [2.24, 2.45) is 17.8 Å². The zero-order valence-electron chi connectivity index (χ0n) is 30.5. The predicted octanol–water partition coefficient (Wildman–Crippen LogP) is 3.51. The fraction of sp³-hybridized carbons (Fsp3) is 0.676. The van der Waals surface area contributed by atoms with E-state index in [1.54, 1.807) is 58.0 Å². The van der Waals surface area contributed by atoms with Gasteiger partial charge in [-0.25, -0.2) is 4.79 Å². The third-order valence-corrected chi connectivity index (χ3v) is 9.99. The minimum absolute atomic E-state index is 0.0667. The summed E-state index contributed by atoms with van der Waals surface area (Å²) in [5.74, 6) is -5.36. The molecule has 0 saturated carbocycles. The van der Waals surface area contributed by atoms with E-state index in [9.17, 15) is 29.4 Å². The van der Waals surface area contributed by atoms with Gasteiger partial charge in [0.1, 0.15) is 17.6 Å². The van der Waals surface area contributed by atoms with Crippen LogP contribution in [-0.2, 0) is 38.1 Å². The molecule has 2 N–H and O–H groups in total. The van der Waals surface area contributed by atoms with Crippen molar-refractivity contribution in [2.75, 3.05) is 27.8 Å². The molecule has 1 saturated heterocycles. The fourth-order valence-electron chi connectivity index (χ4n) is 7.00. The molecule has 11 atom stereocenters. The molecular weight excluding hydrogens is 634 g/mol. The number of carbonyl (C=O) groups excluding carboxylic acids is 4. The lowest BCUT2D eigenvalue weighted by molar-refractivity contribution is -0.294. The number of ether oxygens (including phenoxy) is 5. The number of aliphatic hydroxyl groups excluding tert-OH is 1. The van der Waals surface area contributed by atoms with E-state index in [1.165, 1.54) is 27.0 Å². The van der Waals surface area contributed by atoms with Crippen molar-refractivity contribution < 1.29 is 53.1 Å². The number of likely N-dealkylation sites (N-methyl/N-ethyl adjacent to an activating group) is 1. The van der Waals surface area contributed by atoms with E-state index in [0.29, 0.717) is 12.0 Å². The van der Waals surface area contributed by atoms with E-state index in [1.807, 2.05) is 25.9 Å². The Labute approximate surface area is 290 Å². The molecule has 2 heterocycles. The van der Waals surface area contributed by atoms with Gasteiger partial charge in [0.05, 0.1) is 36.0 Å². The number of hydrogen-bond donors (Lipinski definition) is 2. The third-order valence-electron chi connectivity index (χ3n) is 9.99. The second kappa shape index (κ2) is 16.8. The van der Waals surface area contributed by atoms with Crippen LogP contribution >= 0.6 is 0 Å². The number of cyclic esters (lactones) is 1. The number of methoxy groups -OCH3 is 1. The smallest absolute Gasteiger partial charge is 0.338 e. The Hall–Kier alpha value is -3.00. The zero-order chi connectivity index (χ0) is 36.8. The molecule has 0 bridgehead atoms. The molecule has 0 radical (unpaired) electrons. The summed E-state index contributed by atoms with van der Waals surface area (Å²) < 4.78 is 30.9. The quantitative estimate of drug-likeness (QED) is 0.303. The Balaban J connectivity index is 2.13. The largest absolute Gasteiger partial charge is 0.458 e. The Morgan fingerprint density at radius 2 is 1.71 bits per heavy atom. The molecule has 49 heavy (non-hydrogen) atoms. The van der Waals surface area contributed by atoms with E-state index < -0.39 is 77.9 Å². The van der Waals surface area contributed by atoms with Crippen molar-refractivity contribution in [3.63, 3.8) is 0 Å². The van der Waals surface area contributed by atoms with E-state index in [4.69, 9.17) is 23.7 Å². The van der Waals surface area contributed by atoms with Gasteiger partial charge >= 0.3 is 11.9 Å². The summed E-state index contributed by atoms with van der Waals surface area (Å²) in [5.41, 5.74) is -2.86. The summed E-state index contributed by atoms with van der Waals surface area (Å²) >= 11 is 0. The minimum Gasteiger partial charge on any atom is -0.458 e. The predicted molar refractivity (Wildman–Crippen MR) is 180 cm³/mol.